The summed E-state index contributed by atoms with van der Waals surface area (Å²) in [4.78, 5) is 10.9. The largest absolute Gasteiger partial charge is 0.504 e. The third-order valence-corrected chi connectivity index (χ3v) is 2.61. The fraction of sp³-hybridized carbons (Fsp3) is 0.133. The van der Waals surface area contributed by atoms with Crippen molar-refractivity contribution in [2.75, 3.05) is 7.11 Å². The second-order valence-electron chi connectivity index (χ2n) is 4.01. The van der Waals surface area contributed by atoms with Gasteiger partial charge in [0.2, 0.25) is 0 Å². The third-order valence-electron chi connectivity index (χ3n) is 2.61. The summed E-state index contributed by atoms with van der Waals surface area (Å²) in [6, 6.07) is 12.2. The zero-order valence-corrected chi connectivity index (χ0v) is 10.7. The number of esters is 1. The molecular weight excluding hydrogens is 244 g/mol. The van der Waals surface area contributed by atoms with Gasteiger partial charge in [-0.1, -0.05) is 18.2 Å². The van der Waals surface area contributed by atoms with Crippen molar-refractivity contribution in [3.05, 3.63) is 42.5 Å². The van der Waals surface area contributed by atoms with Crippen LogP contribution in [0.1, 0.15) is 6.92 Å². The molecule has 4 nitrogen and oxygen atoms in total. The highest BCUT2D eigenvalue weighted by Crippen LogP contribution is 2.32. The van der Waals surface area contributed by atoms with Crippen molar-refractivity contribution in [2.45, 2.75) is 6.92 Å². The number of benzene rings is 2. The summed E-state index contributed by atoms with van der Waals surface area (Å²) in [5.41, 5.74) is 1.66. The minimum Gasteiger partial charge on any atom is -0.504 e. The molecule has 0 aliphatic rings. The molecule has 0 radical (unpaired) electrons. The van der Waals surface area contributed by atoms with Crippen LogP contribution in [0.25, 0.3) is 11.1 Å². The van der Waals surface area contributed by atoms with E-state index >= 15 is 0 Å². The van der Waals surface area contributed by atoms with Gasteiger partial charge in [-0.05, 0) is 35.4 Å². The molecule has 0 aliphatic carbocycles. The molecule has 0 atom stereocenters. The number of ether oxygens (including phenoxy) is 2. The molecule has 2 aromatic carbocycles. The fourth-order valence-corrected chi connectivity index (χ4v) is 1.77. The minimum absolute atomic E-state index is 0.0675. The van der Waals surface area contributed by atoms with Crippen molar-refractivity contribution < 1.29 is 19.4 Å². The standard InChI is InChI=1S/C15H14O4/c1-10(16)19-13-5-3-4-11(8-13)12-6-7-15(18-2)14(17)9-12/h3-9,17H,1-2H3. The Hall–Kier alpha value is -2.49. The summed E-state index contributed by atoms with van der Waals surface area (Å²) in [5, 5.41) is 9.76. The van der Waals surface area contributed by atoms with Crippen LogP contribution in [-0.2, 0) is 4.79 Å². The molecule has 4 heteroatoms. The van der Waals surface area contributed by atoms with Gasteiger partial charge in [-0.15, -0.1) is 0 Å². The van der Waals surface area contributed by atoms with Gasteiger partial charge in [0.05, 0.1) is 7.11 Å². The van der Waals surface area contributed by atoms with E-state index in [1.807, 2.05) is 12.1 Å². The summed E-state index contributed by atoms with van der Waals surface area (Å²) in [6.07, 6.45) is 0. The average Bonchev–Trinajstić information content (AvgIpc) is 2.38. The average molecular weight is 258 g/mol. The van der Waals surface area contributed by atoms with E-state index in [-0.39, 0.29) is 11.7 Å². The lowest BCUT2D eigenvalue weighted by molar-refractivity contribution is -0.131. The lowest BCUT2D eigenvalue weighted by Crippen LogP contribution is -2.01. The molecule has 1 N–H and O–H groups in total. The molecule has 0 spiro atoms. The van der Waals surface area contributed by atoms with Crippen LogP contribution >= 0.6 is 0 Å². The Bertz CT molecular complexity index is 605. The highest BCUT2D eigenvalue weighted by Gasteiger charge is 2.06. The molecule has 0 unspecified atom stereocenters. The quantitative estimate of drug-likeness (QED) is 0.679. The van der Waals surface area contributed by atoms with E-state index in [2.05, 4.69) is 0 Å². The van der Waals surface area contributed by atoms with Crippen molar-refractivity contribution in [2.24, 2.45) is 0 Å². The number of aromatic hydroxyl groups is 1. The normalized spacial score (nSPS) is 10.0. The Morgan fingerprint density at radius 3 is 2.47 bits per heavy atom. The predicted molar refractivity (Wildman–Crippen MR) is 71.4 cm³/mol. The van der Waals surface area contributed by atoms with Crippen LogP contribution in [0.2, 0.25) is 0 Å². The first-order chi connectivity index (χ1) is 9.10. The third kappa shape index (κ3) is 3.04. The SMILES string of the molecule is COc1ccc(-c2cccc(OC(C)=O)c2)cc1O. The molecule has 0 bridgehead atoms. The number of phenols is 1. The monoisotopic (exact) mass is 258 g/mol. The molecule has 0 heterocycles. The van der Waals surface area contributed by atoms with E-state index in [0.29, 0.717) is 11.5 Å². The lowest BCUT2D eigenvalue weighted by Gasteiger charge is -2.08. The topological polar surface area (TPSA) is 55.8 Å². The number of hydrogen-bond acceptors (Lipinski definition) is 4. The number of hydrogen-bond donors (Lipinski definition) is 1. The molecule has 19 heavy (non-hydrogen) atoms. The van der Waals surface area contributed by atoms with E-state index in [1.54, 1.807) is 30.3 Å². The van der Waals surface area contributed by atoms with Crippen molar-refractivity contribution in [3.8, 4) is 28.4 Å². The van der Waals surface area contributed by atoms with Crippen LogP contribution in [0.3, 0.4) is 0 Å². The zero-order chi connectivity index (χ0) is 13.8. The first-order valence-corrected chi connectivity index (χ1v) is 5.76. The molecule has 0 saturated carbocycles. The van der Waals surface area contributed by atoms with Gasteiger partial charge in [0.1, 0.15) is 5.75 Å². The molecule has 98 valence electrons. The maximum Gasteiger partial charge on any atom is 0.308 e. The Morgan fingerprint density at radius 1 is 1.11 bits per heavy atom. The number of methoxy groups -OCH3 is 1. The van der Waals surface area contributed by atoms with E-state index in [1.165, 1.54) is 14.0 Å². The molecule has 2 rings (SSSR count). The van der Waals surface area contributed by atoms with Crippen LogP contribution in [-0.4, -0.2) is 18.2 Å². The second-order valence-corrected chi connectivity index (χ2v) is 4.01. The highest BCUT2D eigenvalue weighted by molar-refractivity contribution is 5.72. The van der Waals surface area contributed by atoms with Gasteiger partial charge < -0.3 is 14.6 Å². The first-order valence-electron chi connectivity index (χ1n) is 5.76. The highest BCUT2D eigenvalue weighted by atomic mass is 16.5. The van der Waals surface area contributed by atoms with Crippen molar-refractivity contribution >= 4 is 5.97 Å². The number of carbonyl (C=O) groups excluding carboxylic acids is 1. The summed E-state index contributed by atoms with van der Waals surface area (Å²) in [5.74, 6) is 0.591. The molecule has 0 aromatic heterocycles. The Balaban J connectivity index is 2.36. The summed E-state index contributed by atoms with van der Waals surface area (Å²) < 4.78 is 10.0. The van der Waals surface area contributed by atoms with Crippen molar-refractivity contribution in [1.29, 1.82) is 0 Å². The van der Waals surface area contributed by atoms with Crippen LogP contribution in [0.4, 0.5) is 0 Å². The Morgan fingerprint density at radius 2 is 1.84 bits per heavy atom. The fourth-order valence-electron chi connectivity index (χ4n) is 1.77. The lowest BCUT2D eigenvalue weighted by atomic mass is 10.0. The molecule has 0 saturated heterocycles. The van der Waals surface area contributed by atoms with Gasteiger partial charge >= 0.3 is 5.97 Å². The van der Waals surface area contributed by atoms with E-state index in [0.717, 1.165) is 11.1 Å². The second kappa shape index (κ2) is 5.44. The van der Waals surface area contributed by atoms with Crippen molar-refractivity contribution in [3.63, 3.8) is 0 Å². The Labute approximate surface area is 111 Å². The maximum absolute atomic E-state index is 10.9. The van der Waals surface area contributed by atoms with Gasteiger partial charge in [0.15, 0.2) is 11.5 Å². The predicted octanol–water partition coefficient (Wildman–Crippen LogP) is 2.99. The van der Waals surface area contributed by atoms with Gasteiger partial charge in [0, 0.05) is 6.92 Å². The van der Waals surface area contributed by atoms with Crippen LogP contribution in [0.15, 0.2) is 42.5 Å². The van der Waals surface area contributed by atoms with Gasteiger partial charge in [-0.25, -0.2) is 0 Å². The molecule has 2 aromatic rings. The van der Waals surface area contributed by atoms with Crippen LogP contribution in [0.5, 0.6) is 17.2 Å². The number of carbonyl (C=O) groups is 1. The van der Waals surface area contributed by atoms with Crippen LogP contribution < -0.4 is 9.47 Å². The molecule has 0 amide bonds. The van der Waals surface area contributed by atoms with Gasteiger partial charge in [-0.2, -0.15) is 0 Å². The van der Waals surface area contributed by atoms with Crippen LogP contribution in [0, 0.1) is 0 Å². The zero-order valence-electron chi connectivity index (χ0n) is 10.7. The summed E-state index contributed by atoms with van der Waals surface area (Å²) in [7, 11) is 1.50. The summed E-state index contributed by atoms with van der Waals surface area (Å²) >= 11 is 0. The number of phenolic OH excluding ortho intramolecular Hbond substituents is 1. The molecule has 0 fully saturated rings. The Kier molecular flexibility index (Phi) is 3.71. The minimum atomic E-state index is -0.366. The van der Waals surface area contributed by atoms with Gasteiger partial charge in [0.25, 0.3) is 0 Å². The van der Waals surface area contributed by atoms with E-state index in [9.17, 15) is 9.90 Å². The van der Waals surface area contributed by atoms with E-state index in [4.69, 9.17) is 9.47 Å². The summed E-state index contributed by atoms with van der Waals surface area (Å²) in [6.45, 7) is 1.35. The van der Waals surface area contributed by atoms with Gasteiger partial charge in [-0.3, -0.25) is 4.79 Å². The van der Waals surface area contributed by atoms with E-state index < -0.39 is 0 Å². The smallest absolute Gasteiger partial charge is 0.308 e. The molecule has 0 aliphatic heterocycles. The number of rotatable bonds is 3. The van der Waals surface area contributed by atoms with Crippen molar-refractivity contribution in [1.82, 2.24) is 0 Å². The first kappa shape index (κ1) is 13.0. The molecular formula is C15H14O4. The maximum atomic E-state index is 10.9.